The number of amides is 2. The number of benzene rings is 2. The Morgan fingerprint density at radius 3 is 2.32 bits per heavy atom. The molecule has 0 heterocycles. The lowest BCUT2D eigenvalue weighted by Gasteiger charge is -2.08. The van der Waals surface area contributed by atoms with Gasteiger partial charge in [-0.2, -0.15) is 0 Å². The molecule has 0 aromatic heterocycles. The molecule has 0 fully saturated rings. The van der Waals surface area contributed by atoms with Crippen LogP contribution in [0.25, 0.3) is 0 Å². The molecule has 0 aliphatic heterocycles. The van der Waals surface area contributed by atoms with Crippen LogP contribution in [0.1, 0.15) is 12.8 Å². The first-order valence-electron chi connectivity index (χ1n) is 8.33. The Morgan fingerprint density at radius 1 is 0.964 bits per heavy atom. The highest BCUT2D eigenvalue weighted by Gasteiger charge is 2.14. The molecule has 2 aromatic rings. The molecule has 3 N–H and O–H groups in total. The second-order valence-corrected chi connectivity index (χ2v) is 8.88. The van der Waals surface area contributed by atoms with Gasteiger partial charge in [0.2, 0.25) is 21.8 Å². The van der Waals surface area contributed by atoms with E-state index in [9.17, 15) is 18.0 Å². The van der Waals surface area contributed by atoms with Gasteiger partial charge in [-0.1, -0.05) is 33.6 Å². The Kier molecular flexibility index (Phi) is 8.43. The van der Waals surface area contributed by atoms with Crippen LogP contribution in [0, 0.1) is 0 Å². The fourth-order valence-corrected chi connectivity index (χ4v) is 3.77. The fourth-order valence-electron chi connectivity index (χ4n) is 2.18. The van der Waals surface area contributed by atoms with Gasteiger partial charge in [0.05, 0.1) is 4.90 Å². The maximum atomic E-state index is 12.1. The number of hydrogen-bond donors (Lipinski definition) is 3. The van der Waals surface area contributed by atoms with E-state index in [0.29, 0.717) is 10.7 Å². The molecule has 0 aliphatic carbocycles. The predicted octanol–water partition coefficient (Wildman–Crippen LogP) is 2.92. The van der Waals surface area contributed by atoms with Crippen molar-refractivity contribution in [2.75, 3.05) is 18.4 Å². The molecular formula is C18H19BrClN3O4S. The van der Waals surface area contributed by atoms with Crippen molar-refractivity contribution in [2.45, 2.75) is 17.7 Å². The van der Waals surface area contributed by atoms with E-state index in [1.165, 1.54) is 18.2 Å². The van der Waals surface area contributed by atoms with Crippen LogP contribution in [-0.2, 0) is 19.6 Å². The van der Waals surface area contributed by atoms with E-state index in [1.54, 1.807) is 18.2 Å². The van der Waals surface area contributed by atoms with Gasteiger partial charge in [-0.15, -0.1) is 0 Å². The Morgan fingerprint density at radius 2 is 1.64 bits per heavy atom. The summed E-state index contributed by atoms with van der Waals surface area (Å²) in [5, 5.41) is 5.60. The van der Waals surface area contributed by atoms with Crippen molar-refractivity contribution in [1.82, 2.24) is 10.0 Å². The fraction of sp³-hybridized carbons (Fsp3) is 0.222. The first-order chi connectivity index (χ1) is 13.3. The van der Waals surface area contributed by atoms with Crippen molar-refractivity contribution < 1.29 is 18.0 Å². The number of rotatable bonds is 9. The summed E-state index contributed by atoms with van der Waals surface area (Å²) in [5.74, 6) is -0.588. The quantitative estimate of drug-likeness (QED) is 0.505. The number of nitrogens with one attached hydrogen (secondary N) is 3. The van der Waals surface area contributed by atoms with Crippen LogP contribution < -0.4 is 15.4 Å². The second kappa shape index (κ2) is 10.6. The molecule has 0 saturated heterocycles. The van der Waals surface area contributed by atoms with Gasteiger partial charge < -0.3 is 10.6 Å². The van der Waals surface area contributed by atoms with Gasteiger partial charge in [-0.05, 0) is 42.5 Å². The average molecular weight is 489 g/mol. The van der Waals surface area contributed by atoms with Gasteiger partial charge >= 0.3 is 0 Å². The van der Waals surface area contributed by atoms with E-state index in [1.807, 2.05) is 12.1 Å². The van der Waals surface area contributed by atoms with Crippen LogP contribution >= 0.6 is 27.5 Å². The van der Waals surface area contributed by atoms with Crippen LogP contribution in [0.4, 0.5) is 5.69 Å². The molecule has 2 amide bonds. The summed E-state index contributed by atoms with van der Waals surface area (Å²) < 4.78 is 27.5. The van der Waals surface area contributed by atoms with E-state index in [4.69, 9.17) is 11.6 Å². The summed E-state index contributed by atoms with van der Waals surface area (Å²) in [6.45, 7) is 0.0913. The number of halogens is 2. The van der Waals surface area contributed by atoms with E-state index in [2.05, 4.69) is 31.3 Å². The molecule has 0 saturated carbocycles. The van der Waals surface area contributed by atoms with E-state index in [-0.39, 0.29) is 42.6 Å². The molecular weight excluding hydrogens is 470 g/mol. The summed E-state index contributed by atoms with van der Waals surface area (Å²) in [6, 6.07) is 13.0. The minimum absolute atomic E-state index is 0.0324. The number of sulfonamides is 1. The molecule has 150 valence electrons. The molecule has 28 heavy (non-hydrogen) atoms. The van der Waals surface area contributed by atoms with Crippen molar-refractivity contribution in [3.8, 4) is 0 Å². The van der Waals surface area contributed by atoms with Crippen molar-refractivity contribution in [2.24, 2.45) is 0 Å². The number of hydrogen-bond acceptors (Lipinski definition) is 4. The van der Waals surface area contributed by atoms with Crippen LogP contribution in [0.3, 0.4) is 0 Å². The highest BCUT2D eigenvalue weighted by Crippen LogP contribution is 2.15. The second-order valence-electron chi connectivity index (χ2n) is 5.76. The van der Waals surface area contributed by atoms with Gasteiger partial charge in [0.25, 0.3) is 0 Å². The molecule has 0 atom stereocenters. The summed E-state index contributed by atoms with van der Waals surface area (Å²) in [7, 11) is -3.73. The summed E-state index contributed by atoms with van der Waals surface area (Å²) >= 11 is 9.09. The lowest BCUT2D eigenvalue weighted by molar-refractivity contribution is -0.121. The zero-order valence-corrected chi connectivity index (χ0v) is 17.9. The molecule has 0 radical (unpaired) electrons. The zero-order chi connectivity index (χ0) is 20.6. The summed E-state index contributed by atoms with van der Waals surface area (Å²) in [6.07, 6.45) is 0.0597. The Hall–Kier alpha value is -1.94. The van der Waals surface area contributed by atoms with Crippen molar-refractivity contribution >= 4 is 55.1 Å². The van der Waals surface area contributed by atoms with Gasteiger partial charge in [-0.25, -0.2) is 13.1 Å². The minimum Gasteiger partial charge on any atom is -0.356 e. The van der Waals surface area contributed by atoms with E-state index < -0.39 is 10.0 Å². The lowest BCUT2D eigenvalue weighted by atomic mass is 10.3. The predicted molar refractivity (Wildman–Crippen MR) is 112 cm³/mol. The molecule has 2 rings (SSSR count). The first kappa shape index (κ1) is 22.4. The SMILES string of the molecule is O=C(CCNS(=O)(=O)c1cccc(Cl)c1)NCCC(=O)Nc1ccc(Br)cc1. The Bertz CT molecular complexity index is 936. The monoisotopic (exact) mass is 487 g/mol. The highest BCUT2D eigenvalue weighted by atomic mass is 79.9. The third-order valence-corrected chi connectivity index (χ3v) is 5.78. The maximum absolute atomic E-state index is 12.1. The maximum Gasteiger partial charge on any atom is 0.240 e. The normalized spacial score (nSPS) is 11.1. The largest absolute Gasteiger partial charge is 0.356 e. The van der Waals surface area contributed by atoms with Crippen molar-refractivity contribution in [3.63, 3.8) is 0 Å². The minimum atomic E-state index is -3.73. The van der Waals surface area contributed by atoms with Gasteiger partial charge in [0.15, 0.2) is 0 Å². The lowest BCUT2D eigenvalue weighted by Crippen LogP contribution is -2.32. The number of anilines is 1. The third-order valence-electron chi connectivity index (χ3n) is 3.55. The molecule has 0 unspecified atom stereocenters. The standard InChI is InChI=1S/C18H19BrClN3O4S/c19-13-4-6-15(7-5-13)23-18(25)8-10-21-17(24)9-11-22-28(26,27)16-3-1-2-14(20)12-16/h1-7,12,22H,8-11H2,(H,21,24)(H,23,25). The smallest absolute Gasteiger partial charge is 0.240 e. The van der Waals surface area contributed by atoms with Crippen molar-refractivity contribution in [3.05, 3.63) is 58.0 Å². The van der Waals surface area contributed by atoms with Crippen LogP contribution in [-0.4, -0.2) is 33.3 Å². The average Bonchev–Trinajstić information content (AvgIpc) is 2.63. The molecule has 0 bridgehead atoms. The van der Waals surface area contributed by atoms with E-state index >= 15 is 0 Å². The van der Waals surface area contributed by atoms with Crippen LogP contribution in [0.5, 0.6) is 0 Å². The van der Waals surface area contributed by atoms with Crippen molar-refractivity contribution in [1.29, 1.82) is 0 Å². The Balaban J connectivity index is 1.67. The molecule has 10 heteroatoms. The Labute approximate surface area is 177 Å². The molecule has 0 aliphatic rings. The number of carbonyl (C=O) groups is 2. The number of carbonyl (C=O) groups excluding carboxylic acids is 2. The van der Waals surface area contributed by atoms with Gasteiger partial charge in [-0.3, -0.25) is 9.59 Å². The molecule has 0 spiro atoms. The molecule has 7 nitrogen and oxygen atoms in total. The summed E-state index contributed by atoms with van der Waals surface area (Å²) in [5.41, 5.74) is 0.662. The zero-order valence-electron chi connectivity index (χ0n) is 14.7. The highest BCUT2D eigenvalue weighted by molar-refractivity contribution is 9.10. The van der Waals surface area contributed by atoms with Crippen LogP contribution in [0.2, 0.25) is 5.02 Å². The first-order valence-corrected chi connectivity index (χ1v) is 11.0. The molecule has 2 aromatic carbocycles. The third kappa shape index (κ3) is 7.59. The van der Waals surface area contributed by atoms with Gasteiger partial charge in [0, 0.05) is 41.1 Å². The van der Waals surface area contributed by atoms with Gasteiger partial charge in [0.1, 0.15) is 0 Å². The van der Waals surface area contributed by atoms with E-state index in [0.717, 1.165) is 4.47 Å². The van der Waals surface area contributed by atoms with Crippen LogP contribution in [0.15, 0.2) is 57.9 Å². The summed E-state index contributed by atoms with van der Waals surface area (Å²) in [4.78, 5) is 23.7. The topological polar surface area (TPSA) is 104 Å².